The zero-order valence-electron chi connectivity index (χ0n) is 12.0. The Labute approximate surface area is 138 Å². The first-order valence-electron chi connectivity index (χ1n) is 7.20. The molecule has 1 saturated heterocycles. The van der Waals surface area contributed by atoms with Gasteiger partial charge in [0.2, 0.25) is 0 Å². The quantitative estimate of drug-likeness (QED) is 0.931. The van der Waals surface area contributed by atoms with Crippen molar-refractivity contribution in [3.05, 3.63) is 40.8 Å². The number of piperidine rings is 1. The molecular weight excluding hydrogens is 318 g/mol. The summed E-state index contributed by atoms with van der Waals surface area (Å²) in [6, 6.07) is 8.49. The monoisotopic (exact) mass is 333 g/mol. The van der Waals surface area contributed by atoms with Crippen molar-refractivity contribution >= 4 is 28.1 Å². The second kappa shape index (κ2) is 7.05. The number of hydrogen-bond donors (Lipinski definition) is 1. The minimum atomic E-state index is 0.294. The van der Waals surface area contributed by atoms with Crippen molar-refractivity contribution in [2.45, 2.75) is 25.4 Å². The minimum Gasteiger partial charge on any atom is -0.372 e. The molecule has 0 spiro atoms. The van der Waals surface area contributed by atoms with Crippen LogP contribution in [0.2, 0.25) is 5.15 Å². The second-order valence-corrected chi connectivity index (χ2v) is 6.44. The van der Waals surface area contributed by atoms with Crippen molar-refractivity contribution in [3.63, 3.8) is 0 Å². The topological polar surface area (TPSA) is 64.8 Å². The molecule has 5 nitrogen and oxygen atoms in total. The molecule has 0 aromatic carbocycles. The van der Waals surface area contributed by atoms with Crippen molar-refractivity contribution in [3.8, 4) is 6.07 Å². The maximum Gasteiger partial charge on any atom is 0.162 e. The van der Waals surface area contributed by atoms with E-state index >= 15 is 0 Å². The zero-order chi connectivity index (χ0) is 15.4. The maximum atomic E-state index is 9.10. The van der Waals surface area contributed by atoms with Crippen LogP contribution in [0.25, 0.3) is 0 Å². The third-order valence-electron chi connectivity index (χ3n) is 3.80. The Morgan fingerprint density at radius 2 is 2.23 bits per heavy atom. The van der Waals surface area contributed by atoms with Gasteiger partial charge in [-0.2, -0.15) is 9.64 Å². The van der Waals surface area contributed by atoms with Gasteiger partial charge in [0.1, 0.15) is 16.6 Å². The van der Waals surface area contributed by atoms with Crippen LogP contribution >= 0.6 is 23.1 Å². The highest BCUT2D eigenvalue weighted by Crippen LogP contribution is 2.29. The summed E-state index contributed by atoms with van der Waals surface area (Å²) in [5.41, 5.74) is 1.57. The van der Waals surface area contributed by atoms with E-state index < -0.39 is 0 Å². The Balaban J connectivity index is 1.53. The lowest BCUT2D eigenvalue weighted by atomic mass is 10.0. The highest BCUT2D eigenvalue weighted by Gasteiger charge is 2.21. The van der Waals surface area contributed by atoms with Gasteiger partial charge in [0.25, 0.3) is 0 Å². The Morgan fingerprint density at radius 3 is 2.91 bits per heavy atom. The van der Waals surface area contributed by atoms with Crippen LogP contribution in [0.3, 0.4) is 0 Å². The van der Waals surface area contributed by atoms with E-state index in [1.165, 1.54) is 11.5 Å². The van der Waals surface area contributed by atoms with E-state index in [1.54, 1.807) is 0 Å². The van der Waals surface area contributed by atoms with E-state index in [0.29, 0.717) is 16.8 Å². The van der Waals surface area contributed by atoms with Crippen LogP contribution in [-0.2, 0) is 6.54 Å². The standard InChI is InChI=1S/C15H16ClN5S/c16-14-13(9-17)15(22-20-14)19-11-4-7-21(8-5-11)10-12-3-1-2-6-18-12/h1-3,6,11,19H,4-5,7-8,10H2. The van der Waals surface area contributed by atoms with E-state index in [4.69, 9.17) is 16.9 Å². The summed E-state index contributed by atoms with van der Waals surface area (Å²) in [6.07, 6.45) is 3.90. The SMILES string of the molecule is N#Cc1c(Cl)nsc1NC1CCN(Cc2ccccn2)CC1. The average Bonchev–Trinajstić information content (AvgIpc) is 2.90. The van der Waals surface area contributed by atoms with Crippen LogP contribution in [0.4, 0.5) is 5.00 Å². The molecule has 3 rings (SSSR count). The normalized spacial score (nSPS) is 16.4. The molecule has 0 atom stereocenters. The van der Waals surface area contributed by atoms with E-state index in [2.05, 4.69) is 31.7 Å². The van der Waals surface area contributed by atoms with Gasteiger partial charge in [-0.1, -0.05) is 17.7 Å². The Kier molecular flexibility index (Phi) is 4.88. The molecule has 3 heterocycles. The van der Waals surface area contributed by atoms with Gasteiger partial charge >= 0.3 is 0 Å². The number of halogens is 1. The molecule has 114 valence electrons. The lowest BCUT2D eigenvalue weighted by Gasteiger charge is -2.32. The zero-order valence-corrected chi connectivity index (χ0v) is 13.6. The van der Waals surface area contributed by atoms with Crippen LogP contribution in [0, 0.1) is 11.3 Å². The van der Waals surface area contributed by atoms with Crippen molar-refractivity contribution in [1.82, 2.24) is 14.3 Å². The predicted molar refractivity (Wildman–Crippen MR) is 88.0 cm³/mol. The smallest absolute Gasteiger partial charge is 0.162 e. The fraction of sp³-hybridized carbons (Fsp3) is 0.400. The van der Waals surface area contributed by atoms with Gasteiger partial charge in [0.15, 0.2) is 5.15 Å². The maximum absolute atomic E-state index is 9.10. The van der Waals surface area contributed by atoms with Crippen molar-refractivity contribution in [2.24, 2.45) is 0 Å². The van der Waals surface area contributed by atoms with E-state index in [0.717, 1.165) is 43.2 Å². The molecular formula is C15H16ClN5S. The molecule has 1 aliphatic rings. The molecule has 2 aromatic heterocycles. The summed E-state index contributed by atoms with van der Waals surface area (Å²) in [4.78, 5) is 6.78. The first kappa shape index (κ1) is 15.2. The first-order chi connectivity index (χ1) is 10.8. The molecule has 1 N–H and O–H groups in total. The van der Waals surface area contributed by atoms with Gasteiger partial charge in [-0.25, -0.2) is 0 Å². The van der Waals surface area contributed by atoms with E-state index in [1.807, 2.05) is 18.3 Å². The molecule has 0 bridgehead atoms. The average molecular weight is 334 g/mol. The number of pyridine rings is 1. The highest BCUT2D eigenvalue weighted by molar-refractivity contribution is 7.10. The van der Waals surface area contributed by atoms with E-state index in [-0.39, 0.29) is 0 Å². The molecule has 7 heteroatoms. The van der Waals surface area contributed by atoms with Crippen LogP contribution in [-0.4, -0.2) is 33.4 Å². The molecule has 0 unspecified atom stereocenters. The number of anilines is 1. The van der Waals surface area contributed by atoms with Crippen LogP contribution in [0.1, 0.15) is 24.1 Å². The highest BCUT2D eigenvalue weighted by atomic mass is 35.5. The lowest BCUT2D eigenvalue weighted by Crippen LogP contribution is -2.38. The molecule has 1 aliphatic heterocycles. The predicted octanol–water partition coefficient (Wildman–Crippen LogP) is 3.14. The second-order valence-electron chi connectivity index (χ2n) is 5.31. The van der Waals surface area contributed by atoms with Gasteiger partial charge in [0.05, 0.1) is 5.69 Å². The van der Waals surface area contributed by atoms with Crippen LogP contribution in [0.15, 0.2) is 24.4 Å². The van der Waals surface area contributed by atoms with E-state index in [9.17, 15) is 0 Å². The summed E-state index contributed by atoms with van der Waals surface area (Å²) in [5, 5.41) is 13.6. The van der Waals surface area contributed by atoms with Crippen molar-refractivity contribution in [1.29, 1.82) is 5.26 Å². The Morgan fingerprint density at radius 1 is 1.41 bits per heavy atom. The Bertz CT molecular complexity index is 658. The number of likely N-dealkylation sites (tertiary alicyclic amines) is 1. The van der Waals surface area contributed by atoms with Gasteiger partial charge in [0, 0.05) is 31.9 Å². The number of nitrogens with one attached hydrogen (secondary N) is 1. The number of rotatable bonds is 4. The van der Waals surface area contributed by atoms with Gasteiger partial charge in [-0.15, -0.1) is 0 Å². The summed E-state index contributed by atoms with van der Waals surface area (Å²) < 4.78 is 4.03. The molecule has 1 fully saturated rings. The molecule has 22 heavy (non-hydrogen) atoms. The number of nitrogens with zero attached hydrogens (tertiary/aromatic N) is 4. The Hall–Kier alpha value is -1.68. The summed E-state index contributed by atoms with van der Waals surface area (Å²) >= 11 is 7.16. The lowest BCUT2D eigenvalue weighted by molar-refractivity contribution is 0.209. The third kappa shape index (κ3) is 3.55. The summed E-state index contributed by atoms with van der Waals surface area (Å²) in [7, 11) is 0. The molecule has 0 radical (unpaired) electrons. The molecule has 0 saturated carbocycles. The number of aromatic nitrogens is 2. The van der Waals surface area contributed by atoms with Crippen LogP contribution in [0.5, 0.6) is 0 Å². The van der Waals surface area contributed by atoms with Crippen LogP contribution < -0.4 is 5.32 Å². The third-order valence-corrected chi connectivity index (χ3v) is 4.95. The molecule has 0 amide bonds. The number of nitriles is 1. The van der Waals surface area contributed by atoms with Gasteiger partial charge in [-0.05, 0) is 36.5 Å². The summed E-state index contributed by atoms with van der Waals surface area (Å²) in [6.45, 7) is 2.93. The fourth-order valence-corrected chi connectivity index (χ4v) is 3.62. The fourth-order valence-electron chi connectivity index (χ4n) is 2.61. The summed E-state index contributed by atoms with van der Waals surface area (Å²) in [5.74, 6) is 0. The molecule has 2 aromatic rings. The van der Waals surface area contributed by atoms with Crippen molar-refractivity contribution < 1.29 is 0 Å². The first-order valence-corrected chi connectivity index (χ1v) is 8.35. The van der Waals surface area contributed by atoms with Gasteiger partial charge in [-0.3, -0.25) is 9.88 Å². The number of hydrogen-bond acceptors (Lipinski definition) is 6. The van der Waals surface area contributed by atoms with Gasteiger partial charge < -0.3 is 5.32 Å². The molecule has 0 aliphatic carbocycles. The minimum absolute atomic E-state index is 0.294. The largest absolute Gasteiger partial charge is 0.372 e. The van der Waals surface area contributed by atoms with Crippen molar-refractivity contribution in [2.75, 3.05) is 18.4 Å².